The Bertz CT molecular complexity index is 345. The van der Waals surface area contributed by atoms with Gasteiger partial charge in [-0.3, -0.25) is 0 Å². The second-order valence-electron chi connectivity index (χ2n) is 4.19. The highest BCUT2D eigenvalue weighted by Gasteiger charge is 2.17. The largest absolute Gasteiger partial charge is 0.406 e. The number of aliphatic hydroxyl groups excluding tert-OH is 1. The standard InChI is InChI=1S/C11H22N4O3/c1-5-12-8(2)10-13-14-11(18-10)15(3)6-9(16)7-17-4/h8-9,12,16H,5-7H2,1-4H3. The van der Waals surface area contributed by atoms with Crippen LogP contribution in [0.4, 0.5) is 6.01 Å². The van der Waals surface area contributed by atoms with Gasteiger partial charge in [0.1, 0.15) is 0 Å². The molecule has 18 heavy (non-hydrogen) atoms. The molecule has 1 aromatic rings. The number of methoxy groups -OCH3 is 1. The van der Waals surface area contributed by atoms with Crippen LogP contribution < -0.4 is 10.2 Å². The molecule has 0 radical (unpaired) electrons. The van der Waals surface area contributed by atoms with Crippen LogP contribution in [-0.4, -0.2) is 55.3 Å². The van der Waals surface area contributed by atoms with Gasteiger partial charge in [-0.15, -0.1) is 5.10 Å². The minimum Gasteiger partial charge on any atom is -0.406 e. The van der Waals surface area contributed by atoms with E-state index in [1.54, 1.807) is 19.1 Å². The first-order valence-electron chi connectivity index (χ1n) is 6.03. The maximum atomic E-state index is 9.61. The fourth-order valence-electron chi connectivity index (χ4n) is 1.59. The van der Waals surface area contributed by atoms with Gasteiger partial charge in [-0.1, -0.05) is 12.0 Å². The van der Waals surface area contributed by atoms with Gasteiger partial charge in [-0.2, -0.15) is 0 Å². The fraction of sp³-hybridized carbons (Fsp3) is 0.818. The first-order chi connectivity index (χ1) is 8.58. The highest BCUT2D eigenvalue weighted by molar-refractivity contribution is 5.22. The molecule has 0 bridgehead atoms. The molecule has 104 valence electrons. The molecule has 0 amide bonds. The number of rotatable bonds is 8. The third-order valence-corrected chi connectivity index (χ3v) is 2.48. The SMILES string of the molecule is CCNC(C)c1nnc(N(C)CC(O)COC)o1. The van der Waals surface area contributed by atoms with E-state index in [0.29, 0.717) is 18.5 Å². The van der Waals surface area contributed by atoms with E-state index in [-0.39, 0.29) is 12.6 Å². The second kappa shape index (κ2) is 7.30. The summed E-state index contributed by atoms with van der Waals surface area (Å²) in [6.45, 7) is 5.47. The van der Waals surface area contributed by atoms with Crippen molar-refractivity contribution in [2.75, 3.05) is 38.8 Å². The predicted octanol–water partition coefficient (Wildman–Crippen LogP) is 0.184. The Hall–Kier alpha value is -1.18. The molecule has 7 heteroatoms. The van der Waals surface area contributed by atoms with E-state index in [0.717, 1.165) is 6.54 Å². The molecule has 0 fully saturated rings. The molecule has 2 atom stereocenters. The zero-order valence-electron chi connectivity index (χ0n) is 11.4. The van der Waals surface area contributed by atoms with Crippen LogP contribution in [0.5, 0.6) is 0 Å². The van der Waals surface area contributed by atoms with Crippen molar-refractivity contribution < 1.29 is 14.3 Å². The lowest BCUT2D eigenvalue weighted by Gasteiger charge is -2.17. The molecule has 1 rings (SSSR count). The smallest absolute Gasteiger partial charge is 0.318 e. The van der Waals surface area contributed by atoms with Gasteiger partial charge in [0.15, 0.2) is 0 Å². The Balaban J connectivity index is 2.56. The Morgan fingerprint density at radius 3 is 2.83 bits per heavy atom. The number of aromatic nitrogens is 2. The summed E-state index contributed by atoms with van der Waals surface area (Å²) in [5, 5.41) is 20.7. The van der Waals surface area contributed by atoms with Gasteiger partial charge in [-0.05, 0) is 13.5 Å². The van der Waals surface area contributed by atoms with Crippen LogP contribution in [0.3, 0.4) is 0 Å². The highest BCUT2D eigenvalue weighted by Crippen LogP contribution is 2.16. The second-order valence-corrected chi connectivity index (χ2v) is 4.19. The summed E-state index contributed by atoms with van der Waals surface area (Å²) in [7, 11) is 3.33. The van der Waals surface area contributed by atoms with Gasteiger partial charge in [0.05, 0.1) is 25.3 Å². The number of aliphatic hydroxyl groups is 1. The predicted molar refractivity (Wildman–Crippen MR) is 67.5 cm³/mol. The first kappa shape index (κ1) is 14.9. The number of nitrogens with one attached hydrogen (secondary N) is 1. The van der Waals surface area contributed by atoms with Crippen molar-refractivity contribution in [2.45, 2.75) is 26.0 Å². The zero-order chi connectivity index (χ0) is 13.5. The summed E-state index contributed by atoms with van der Waals surface area (Å²) < 4.78 is 10.4. The van der Waals surface area contributed by atoms with Crippen LogP contribution in [0.15, 0.2) is 4.42 Å². The molecule has 0 saturated heterocycles. The molecule has 0 spiro atoms. The quantitative estimate of drug-likeness (QED) is 0.688. The summed E-state index contributed by atoms with van der Waals surface area (Å²) in [6, 6.07) is 0.415. The van der Waals surface area contributed by atoms with Gasteiger partial charge < -0.3 is 24.5 Å². The van der Waals surface area contributed by atoms with Crippen molar-refractivity contribution in [3.05, 3.63) is 5.89 Å². The van der Waals surface area contributed by atoms with Crippen molar-refractivity contribution in [3.8, 4) is 0 Å². The summed E-state index contributed by atoms with van der Waals surface area (Å²) >= 11 is 0. The van der Waals surface area contributed by atoms with Crippen LogP contribution >= 0.6 is 0 Å². The van der Waals surface area contributed by atoms with Crippen molar-refractivity contribution in [1.29, 1.82) is 0 Å². The van der Waals surface area contributed by atoms with Crippen molar-refractivity contribution in [2.24, 2.45) is 0 Å². The van der Waals surface area contributed by atoms with Gasteiger partial charge in [0.2, 0.25) is 5.89 Å². The Morgan fingerprint density at radius 2 is 2.22 bits per heavy atom. The topological polar surface area (TPSA) is 83.7 Å². The third kappa shape index (κ3) is 4.25. The van der Waals surface area contributed by atoms with E-state index in [9.17, 15) is 5.11 Å². The molecule has 0 aliphatic carbocycles. The summed E-state index contributed by atoms with van der Waals surface area (Å²) in [4.78, 5) is 1.71. The molecule has 2 unspecified atom stereocenters. The average Bonchev–Trinajstić information content (AvgIpc) is 2.78. The van der Waals surface area contributed by atoms with Crippen molar-refractivity contribution in [1.82, 2.24) is 15.5 Å². The first-order valence-corrected chi connectivity index (χ1v) is 6.03. The molecule has 0 saturated carbocycles. The van der Waals surface area contributed by atoms with Gasteiger partial charge in [-0.25, -0.2) is 0 Å². The molecule has 7 nitrogen and oxygen atoms in total. The van der Waals surface area contributed by atoms with Crippen molar-refractivity contribution in [3.63, 3.8) is 0 Å². The van der Waals surface area contributed by atoms with Gasteiger partial charge in [0, 0.05) is 14.2 Å². The zero-order valence-corrected chi connectivity index (χ0v) is 11.4. The number of anilines is 1. The molecule has 0 aliphatic rings. The monoisotopic (exact) mass is 258 g/mol. The summed E-state index contributed by atoms with van der Waals surface area (Å²) in [6.07, 6.45) is -0.582. The lowest BCUT2D eigenvalue weighted by molar-refractivity contribution is 0.0689. The van der Waals surface area contributed by atoms with Crippen LogP contribution in [0.2, 0.25) is 0 Å². The molecular weight excluding hydrogens is 236 g/mol. The maximum absolute atomic E-state index is 9.61. The highest BCUT2D eigenvalue weighted by atomic mass is 16.5. The van der Waals surface area contributed by atoms with Crippen LogP contribution in [-0.2, 0) is 4.74 Å². The number of ether oxygens (including phenoxy) is 1. The third-order valence-electron chi connectivity index (χ3n) is 2.48. The summed E-state index contributed by atoms with van der Waals surface area (Å²) in [5.41, 5.74) is 0. The normalized spacial score (nSPS) is 14.5. The minimum atomic E-state index is -0.582. The molecule has 0 aliphatic heterocycles. The number of nitrogens with zero attached hydrogens (tertiary/aromatic N) is 3. The van der Waals surface area contributed by atoms with Crippen LogP contribution in [0.1, 0.15) is 25.8 Å². The lowest BCUT2D eigenvalue weighted by Crippen LogP contribution is -2.32. The molecule has 1 aromatic heterocycles. The number of likely N-dealkylation sites (N-methyl/N-ethyl adjacent to an activating group) is 1. The minimum absolute atomic E-state index is 0.0218. The summed E-state index contributed by atoms with van der Waals surface area (Å²) in [5.74, 6) is 0.542. The van der Waals surface area contributed by atoms with E-state index >= 15 is 0 Å². The van der Waals surface area contributed by atoms with E-state index in [1.165, 1.54) is 0 Å². The maximum Gasteiger partial charge on any atom is 0.318 e. The Kier molecular flexibility index (Phi) is 6.03. The van der Waals surface area contributed by atoms with E-state index < -0.39 is 6.10 Å². The lowest BCUT2D eigenvalue weighted by atomic mass is 10.3. The van der Waals surface area contributed by atoms with Gasteiger partial charge in [0.25, 0.3) is 0 Å². The van der Waals surface area contributed by atoms with E-state index in [1.807, 2.05) is 13.8 Å². The molecule has 2 N–H and O–H groups in total. The number of hydrogen-bond donors (Lipinski definition) is 2. The van der Waals surface area contributed by atoms with Crippen LogP contribution in [0.25, 0.3) is 0 Å². The van der Waals surface area contributed by atoms with Crippen molar-refractivity contribution >= 4 is 6.01 Å². The van der Waals surface area contributed by atoms with E-state index in [2.05, 4.69) is 15.5 Å². The van der Waals surface area contributed by atoms with Crippen LogP contribution in [0, 0.1) is 0 Å². The van der Waals surface area contributed by atoms with Gasteiger partial charge >= 0.3 is 6.01 Å². The molecule has 1 heterocycles. The molecular formula is C11H22N4O3. The Labute approximate surface area is 107 Å². The molecule has 0 aromatic carbocycles. The Morgan fingerprint density at radius 1 is 1.50 bits per heavy atom. The number of hydrogen-bond acceptors (Lipinski definition) is 7. The van der Waals surface area contributed by atoms with E-state index in [4.69, 9.17) is 9.15 Å². The fourth-order valence-corrected chi connectivity index (χ4v) is 1.59. The average molecular weight is 258 g/mol.